The molecule has 0 bridgehead atoms. The Labute approximate surface area is 182 Å². The molecular formula is C25H19N3O4. The molecule has 5 rings (SSSR count). The molecule has 0 aliphatic rings. The number of carbonyl (C=O) groups is 1. The van der Waals surface area contributed by atoms with Crippen molar-refractivity contribution in [3.05, 3.63) is 106 Å². The standard InChI is InChI=1S/C25H19N3O4/c1-16-13-23-26-19(14-24(29)28(23)32-16)15-31-20-11-9-18(10-12-20)27-25(30)22-8-4-6-17-5-2-3-7-21(17)22/h2-14H,15H2,1H3,(H,27,30). The van der Waals surface area contributed by atoms with Gasteiger partial charge in [-0.1, -0.05) is 36.4 Å². The van der Waals surface area contributed by atoms with E-state index in [4.69, 9.17) is 9.26 Å². The predicted molar refractivity (Wildman–Crippen MR) is 121 cm³/mol. The number of hydrogen-bond donors (Lipinski definition) is 1. The van der Waals surface area contributed by atoms with Crippen molar-refractivity contribution in [2.45, 2.75) is 13.5 Å². The van der Waals surface area contributed by atoms with E-state index in [1.165, 1.54) is 6.07 Å². The Morgan fingerprint density at radius 3 is 2.66 bits per heavy atom. The Bertz CT molecular complexity index is 1490. The highest BCUT2D eigenvalue weighted by Crippen LogP contribution is 2.21. The van der Waals surface area contributed by atoms with Crippen LogP contribution >= 0.6 is 0 Å². The van der Waals surface area contributed by atoms with Gasteiger partial charge < -0.3 is 14.6 Å². The minimum Gasteiger partial charge on any atom is -0.487 e. The van der Waals surface area contributed by atoms with Crippen LogP contribution < -0.4 is 15.6 Å². The molecule has 0 fully saturated rings. The van der Waals surface area contributed by atoms with Crippen LogP contribution in [0.4, 0.5) is 5.69 Å². The lowest BCUT2D eigenvalue weighted by molar-refractivity contribution is 0.102. The lowest BCUT2D eigenvalue weighted by atomic mass is 10.0. The summed E-state index contributed by atoms with van der Waals surface area (Å²) in [5.74, 6) is 1.02. The minimum absolute atomic E-state index is 0.137. The van der Waals surface area contributed by atoms with Crippen LogP contribution in [0.2, 0.25) is 0 Å². The van der Waals surface area contributed by atoms with Crippen LogP contribution in [0.3, 0.4) is 0 Å². The number of nitrogens with zero attached hydrogens (tertiary/aromatic N) is 2. The first-order chi connectivity index (χ1) is 15.6. The first kappa shape index (κ1) is 19.6. The van der Waals surface area contributed by atoms with Crippen molar-refractivity contribution in [3.8, 4) is 5.75 Å². The van der Waals surface area contributed by atoms with Gasteiger partial charge in [-0.15, -0.1) is 4.57 Å². The predicted octanol–water partition coefficient (Wildman–Crippen LogP) is 4.58. The summed E-state index contributed by atoms with van der Waals surface area (Å²) in [6, 6.07) is 23.6. The maximum absolute atomic E-state index is 12.8. The molecule has 0 radical (unpaired) electrons. The fraction of sp³-hybridized carbons (Fsp3) is 0.0800. The summed E-state index contributed by atoms with van der Waals surface area (Å²) in [6.07, 6.45) is 0. The lowest BCUT2D eigenvalue weighted by Gasteiger charge is -2.10. The zero-order chi connectivity index (χ0) is 22.1. The summed E-state index contributed by atoms with van der Waals surface area (Å²) < 4.78 is 12.2. The van der Waals surface area contributed by atoms with Crippen LogP contribution in [0.5, 0.6) is 5.75 Å². The number of hydrogen-bond acceptors (Lipinski definition) is 5. The summed E-state index contributed by atoms with van der Waals surface area (Å²) in [5.41, 5.74) is 1.92. The second-order valence-electron chi connectivity index (χ2n) is 7.38. The van der Waals surface area contributed by atoms with Gasteiger partial charge in [0.1, 0.15) is 18.1 Å². The van der Waals surface area contributed by atoms with Gasteiger partial charge in [0.05, 0.1) is 5.69 Å². The second kappa shape index (κ2) is 8.03. The van der Waals surface area contributed by atoms with Crippen LogP contribution in [0.25, 0.3) is 16.4 Å². The average molecular weight is 425 g/mol. The van der Waals surface area contributed by atoms with E-state index in [-0.39, 0.29) is 18.1 Å². The van der Waals surface area contributed by atoms with Gasteiger partial charge in [-0.3, -0.25) is 9.59 Å². The summed E-state index contributed by atoms with van der Waals surface area (Å²) in [4.78, 5) is 29.3. The molecule has 7 nitrogen and oxygen atoms in total. The molecule has 1 amide bonds. The Morgan fingerprint density at radius 2 is 1.81 bits per heavy atom. The van der Waals surface area contributed by atoms with E-state index in [0.29, 0.717) is 34.1 Å². The third kappa shape index (κ3) is 3.83. The normalized spacial score (nSPS) is 11.0. The van der Waals surface area contributed by atoms with Gasteiger partial charge >= 0.3 is 0 Å². The average Bonchev–Trinajstić information content (AvgIpc) is 3.19. The van der Waals surface area contributed by atoms with Crippen molar-refractivity contribution in [1.29, 1.82) is 0 Å². The number of rotatable bonds is 5. The number of anilines is 1. The monoisotopic (exact) mass is 425 g/mol. The van der Waals surface area contributed by atoms with E-state index in [1.54, 1.807) is 37.3 Å². The van der Waals surface area contributed by atoms with Gasteiger partial charge in [0.2, 0.25) is 0 Å². The third-order valence-corrected chi connectivity index (χ3v) is 5.06. The highest BCUT2D eigenvalue weighted by Gasteiger charge is 2.11. The molecule has 32 heavy (non-hydrogen) atoms. The van der Waals surface area contributed by atoms with Crippen LogP contribution in [0, 0.1) is 6.92 Å². The molecule has 0 atom stereocenters. The number of benzene rings is 3. The minimum atomic E-state index is -0.298. The summed E-state index contributed by atoms with van der Waals surface area (Å²) in [7, 11) is 0. The number of aryl methyl sites for hydroxylation is 1. The van der Waals surface area contributed by atoms with Crippen LogP contribution in [-0.2, 0) is 6.61 Å². The molecule has 0 saturated heterocycles. The third-order valence-electron chi connectivity index (χ3n) is 5.06. The summed E-state index contributed by atoms with van der Waals surface area (Å²) >= 11 is 0. The van der Waals surface area contributed by atoms with E-state index in [9.17, 15) is 9.59 Å². The Kier molecular flexibility index (Phi) is 4.91. The smallest absolute Gasteiger partial charge is 0.287 e. The molecule has 158 valence electrons. The summed E-state index contributed by atoms with van der Waals surface area (Å²) in [6.45, 7) is 1.89. The number of carbonyl (C=O) groups excluding carboxylic acids is 1. The van der Waals surface area contributed by atoms with E-state index < -0.39 is 0 Å². The van der Waals surface area contributed by atoms with Crippen LogP contribution in [0.1, 0.15) is 21.8 Å². The largest absolute Gasteiger partial charge is 0.487 e. The van der Waals surface area contributed by atoms with Gasteiger partial charge in [-0.2, -0.15) is 0 Å². The first-order valence-corrected chi connectivity index (χ1v) is 10.1. The van der Waals surface area contributed by atoms with Gasteiger partial charge in [-0.05, 0) is 48.0 Å². The molecule has 0 aliphatic heterocycles. The van der Waals surface area contributed by atoms with E-state index >= 15 is 0 Å². The summed E-state index contributed by atoms with van der Waals surface area (Å²) in [5, 5.41) is 4.84. The van der Waals surface area contributed by atoms with Gasteiger partial charge in [0.15, 0.2) is 5.65 Å². The van der Waals surface area contributed by atoms with Crippen molar-refractivity contribution in [2.75, 3.05) is 5.32 Å². The number of fused-ring (bicyclic) bond motifs is 2. The fourth-order valence-electron chi connectivity index (χ4n) is 3.56. The van der Waals surface area contributed by atoms with Crippen molar-refractivity contribution in [3.63, 3.8) is 0 Å². The number of amides is 1. The molecule has 2 heterocycles. The molecule has 5 aromatic rings. The second-order valence-corrected chi connectivity index (χ2v) is 7.38. The zero-order valence-corrected chi connectivity index (χ0v) is 17.2. The molecule has 0 saturated carbocycles. The SMILES string of the molecule is Cc1cc2nc(COc3ccc(NC(=O)c4cccc5ccccc45)cc3)cc(=O)n2o1. The van der Waals surface area contributed by atoms with Gasteiger partial charge in [0, 0.05) is 23.4 Å². The maximum atomic E-state index is 12.8. The topological polar surface area (TPSA) is 85.8 Å². The molecule has 7 heteroatoms. The molecule has 1 N–H and O–H groups in total. The van der Waals surface area contributed by atoms with Crippen molar-refractivity contribution < 1.29 is 14.1 Å². The number of aromatic nitrogens is 2. The van der Waals surface area contributed by atoms with E-state index in [0.717, 1.165) is 15.3 Å². The molecule has 0 unspecified atom stereocenters. The Balaban J connectivity index is 1.27. The highest BCUT2D eigenvalue weighted by atomic mass is 16.5. The van der Waals surface area contributed by atoms with E-state index in [1.807, 2.05) is 42.5 Å². The van der Waals surface area contributed by atoms with Crippen LogP contribution in [0.15, 0.2) is 88.2 Å². The zero-order valence-electron chi connectivity index (χ0n) is 17.2. The molecule has 3 aromatic carbocycles. The lowest BCUT2D eigenvalue weighted by Crippen LogP contribution is -2.14. The highest BCUT2D eigenvalue weighted by molar-refractivity contribution is 6.12. The van der Waals surface area contributed by atoms with Crippen molar-refractivity contribution in [2.24, 2.45) is 0 Å². The molecule has 0 aliphatic carbocycles. The Morgan fingerprint density at radius 1 is 1.03 bits per heavy atom. The van der Waals surface area contributed by atoms with Gasteiger partial charge in [0.25, 0.3) is 11.5 Å². The van der Waals surface area contributed by atoms with E-state index in [2.05, 4.69) is 10.3 Å². The maximum Gasteiger partial charge on any atom is 0.287 e. The molecule has 0 spiro atoms. The Hall–Kier alpha value is -4.39. The quantitative estimate of drug-likeness (QED) is 0.445. The number of nitrogens with one attached hydrogen (secondary N) is 1. The fourth-order valence-corrected chi connectivity index (χ4v) is 3.56. The van der Waals surface area contributed by atoms with Crippen molar-refractivity contribution >= 4 is 28.0 Å². The number of ether oxygens (including phenoxy) is 1. The van der Waals surface area contributed by atoms with Crippen LogP contribution in [-0.4, -0.2) is 15.5 Å². The molecular weight excluding hydrogens is 406 g/mol. The molecule has 2 aromatic heterocycles. The first-order valence-electron chi connectivity index (χ1n) is 10.1. The van der Waals surface area contributed by atoms with Gasteiger partial charge in [-0.25, -0.2) is 4.98 Å². The van der Waals surface area contributed by atoms with Crippen molar-refractivity contribution in [1.82, 2.24) is 9.56 Å².